The van der Waals surface area contributed by atoms with E-state index in [2.05, 4.69) is 63.6 Å². The molecule has 1 atom stereocenters. The van der Waals surface area contributed by atoms with Crippen molar-refractivity contribution < 1.29 is 0 Å². The Hall–Kier alpha value is -2.72. The second-order valence-electron chi connectivity index (χ2n) is 7.29. The van der Waals surface area contributed by atoms with Crippen molar-refractivity contribution in [3.8, 4) is 0 Å². The average Bonchev–Trinajstić information content (AvgIpc) is 3.12. The molecule has 0 saturated heterocycles. The molecule has 4 rings (SSSR count). The standard InChI is InChI=1S/C23H26N4/c1-17(25-15-18-10-11-20-16-24-13-12-19(20)14-18)6-2-5-9-23-26-21-7-3-4-8-22(21)27-23/h3-4,7-8,10-14,16-17,25H,2,5-6,9,15H2,1H3,(H,26,27)/t17-/m1/s1. The molecule has 0 bridgehead atoms. The van der Waals surface area contributed by atoms with E-state index in [1.54, 1.807) is 0 Å². The molecule has 2 N–H and O–H groups in total. The minimum Gasteiger partial charge on any atom is -0.342 e. The van der Waals surface area contributed by atoms with Crippen molar-refractivity contribution in [3.63, 3.8) is 0 Å². The van der Waals surface area contributed by atoms with Gasteiger partial charge in [-0.15, -0.1) is 0 Å². The lowest BCUT2D eigenvalue weighted by Gasteiger charge is -2.14. The van der Waals surface area contributed by atoms with E-state index in [1.165, 1.54) is 29.2 Å². The molecule has 4 aromatic rings. The third-order valence-corrected chi connectivity index (χ3v) is 5.10. The van der Waals surface area contributed by atoms with Crippen LogP contribution in [0.2, 0.25) is 0 Å². The fourth-order valence-corrected chi connectivity index (χ4v) is 3.50. The summed E-state index contributed by atoms with van der Waals surface area (Å²) in [5, 5.41) is 6.09. The number of rotatable bonds is 8. The number of imidazole rings is 1. The van der Waals surface area contributed by atoms with Gasteiger partial charge in [0.15, 0.2) is 0 Å². The van der Waals surface area contributed by atoms with Gasteiger partial charge in [-0.3, -0.25) is 4.98 Å². The first-order chi connectivity index (χ1) is 13.3. The SMILES string of the molecule is C[C@H](CCCCc1nc2ccccc2[nH]1)NCc1ccc2cnccc2c1. The molecule has 138 valence electrons. The largest absolute Gasteiger partial charge is 0.342 e. The summed E-state index contributed by atoms with van der Waals surface area (Å²) in [6, 6.07) is 17.4. The highest BCUT2D eigenvalue weighted by Crippen LogP contribution is 2.15. The highest BCUT2D eigenvalue weighted by atomic mass is 14.9. The van der Waals surface area contributed by atoms with Crippen molar-refractivity contribution in [2.75, 3.05) is 0 Å². The molecule has 0 spiro atoms. The Labute approximate surface area is 160 Å². The number of H-pyrrole nitrogens is 1. The molecule has 0 amide bonds. The number of aromatic nitrogens is 3. The highest BCUT2D eigenvalue weighted by Gasteiger charge is 2.05. The van der Waals surface area contributed by atoms with Crippen LogP contribution in [0, 0.1) is 0 Å². The molecule has 2 aromatic carbocycles. The summed E-state index contributed by atoms with van der Waals surface area (Å²) in [6.45, 7) is 3.18. The van der Waals surface area contributed by atoms with Gasteiger partial charge in [0.25, 0.3) is 0 Å². The monoisotopic (exact) mass is 358 g/mol. The van der Waals surface area contributed by atoms with Gasteiger partial charge in [-0.25, -0.2) is 4.98 Å². The Morgan fingerprint density at radius 3 is 2.89 bits per heavy atom. The van der Waals surface area contributed by atoms with Crippen LogP contribution in [-0.2, 0) is 13.0 Å². The van der Waals surface area contributed by atoms with Crippen molar-refractivity contribution in [2.24, 2.45) is 0 Å². The van der Waals surface area contributed by atoms with Crippen LogP contribution in [0.1, 0.15) is 37.6 Å². The van der Waals surface area contributed by atoms with E-state index >= 15 is 0 Å². The Bertz CT molecular complexity index is 988. The van der Waals surface area contributed by atoms with Crippen molar-refractivity contribution in [3.05, 3.63) is 72.3 Å². The third kappa shape index (κ3) is 4.52. The van der Waals surface area contributed by atoms with Gasteiger partial charge >= 0.3 is 0 Å². The number of nitrogens with zero attached hydrogens (tertiary/aromatic N) is 2. The number of pyridine rings is 1. The summed E-state index contributed by atoms with van der Waals surface area (Å²) in [4.78, 5) is 12.2. The fourth-order valence-electron chi connectivity index (χ4n) is 3.50. The molecule has 0 fully saturated rings. The topological polar surface area (TPSA) is 53.6 Å². The van der Waals surface area contributed by atoms with Gasteiger partial charge in [0, 0.05) is 36.8 Å². The van der Waals surface area contributed by atoms with Crippen molar-refractivity contribution in [2.45, 2.75) is 45.2 Å². The third-order valence-electron chi connectivity index (χ3n) is 5.10. The molecular formula is C23H26N4. The molecule has 2 aromatic heterocycles. The summed E-state index contributed by atoms with van der Waals surface area (Å²) < 4.78 is 0. The maximum absolute atomic E-state index is 4.65. The summed E-state index contributed by atoms with van der Waals surface area (Å²) in [5.41, 5.74) is 3.52. The molecule has 0 radical (unpaired) electrons. The number of hydrogen-bond acceptors (Lipinski definition) is 3. The zero-order chi connectivity index (χ0) is 18.5. The second kappa shape index (κ2) is 8.31. The zero-order valence-electron chi connectivity index (χ0n) is 15.8. The van der Waals surface area contributed by atoms with Crippen LogP contribution in [0.25, 0.3) is 21.8 Å². The number of benzene rings is 2. The Kier molecular flexibility index (Phi) is 5.45. The smallest absolute Gasteiger partial charge is 0.107 e. The van der Waals surface area contributed by atoms with Gasteiger partial charge in [0.1, 0.15) is 5.82 Å². The van der Waals surface area contributed by atoms with E-state index in [1.807, 2.05) is 24.5 Å². The maximum Gasteiger partial charge on any atom is 0.107 e. The predicted octanol–water partition coefficient (Wildman–Crippen LogP) is 5.00. The van der Waals surface area contributed by atoms with Gasteiger partial charge in [0.2, 0.25) is 0 Å². The minimum absolute atomic E-state index is 0.508. The molecule has 0 aliphatic carbocycles. The number of unbranched alkanes of at least 4 members (excludes halogenated alkanes) is 1. The van der Waals surface area contributed by atoms with E-state index in [4.69, 9.17) is 0 Å². The van der Waals surface area contributed by atoms with Crippen LogP contribution < -0.4 is 5.32 Å². The fraction of sp³-hybridized carbons (Fsp3) is 0.304. The predicted molar refractivity (Wildman–Crippen MR) is 112 cm³/mol. The summed E-state index contributed by atoms with van der Waals surface area (Å²) >= 11 is 0. The first-order valence-electron chi connectivity index (χ1n) is 9.77. The van der Waals surface area contributed by atoms with Crippen LogP contribution in [0.4, 0.5) is 0 Å². The molecule has 0 unspecified atom stereocenters. The molecule has 4 nitrogen and oxygen atoms in total. The quantitative estimate of drug-likeness (QED) is 0.436. The molecule has 0 saturated carbocycles. The first kappa shape index (κ1) is 17.7. The van der Waals surface area contributed by atoms with E-state index in [0.717, 1.165) is 36.2 Å². The van der Waals surface area contributed by atoms with Gasteiger partial charge in [-0.05, 0) is 55.0 Å². The normalized spacial score (nSPS) is 12.6. The molecular weight excluding hydrogens is 332 g/mol. The molecule has 0 aliphatic rings. The van der Waals surface area contributed by atoms with Crippen molar-refractivity contribution in [1.82, 2.24) is 20.3 Å². The lowest BCUT2D eigenvalue weighted by Crippen LogP contribution is -2.25. The summed E-state index contributed by atoms with van der Waals surface area (Å²) in [7, 11) is 0. The number of para-hydroxylation sites is 2. The van der Waals surface area contributed by atoms with E-state index in [0.29, 0.717) is 6.04 Å². The van der Waals surface area contributed by atoms with Crippen molar-refractivity contribution in [1.29, 1.82) is 0 Å². The molecule has 2 heterocycles. The molecule has 27 heavy (non-hydrogen) atoms. The van der Waals surface area contributed by atoms with Gasteiger partial charge in [-0.2, -0.15) is 0 Å². The maximum atomic E-state index is 4.65. The Morgan fingerprint density at radius 1 is 1.04 bits per heavy atom. The number of fused-ring (bicyclic) bond motifs is 2. The van der Waals surface area contributed by atoms with E-state index in [9.17, 15) is 0 Å². The highest BCUT2D eigenvalue weighted by molar-refractivity contribution is 5.82. The Morgan fingerprint density at radius 2 is 1.96 bits per heavy atom. The van der Waals surface area contributed by atoms with E-state index < -0.39 is 0 Å². The van der Waals surface area contributed by atoms with Crippen LogP contribution in [-0.4, -0.2) is 21.0 Å². The lowest BCUT2D eigenvalue weighted by atomic mass is 10.1. The Balaban J connectivity index is 1.20. The van der Waals surface area contributed by atoms with Gasteiger partial charge in [-0.1, -0.05) is 30.7 Å². The van der Waals surface area contributed by atoms with E-state index in [-0.39, 0.29) is 0 Å². The van der Waals surface area contributed by atoms with Gasteiger partial charge < -0.3 is 10.3 Å². The number of nitrogens with one attached hydrogen (secondary N) is 2. The lowest BCUT2D eigenvalue weighted by molar-refractivity contribution is 0.488. The van der Waals surface area contributed by atoms with Crippen LogP contribution >= 0.6 is 0 Å². The van der Waals surface area contributed by atoms with Crippen LogP contribution in [0.15, 0.2) is 60.9 Å². The molecule has 4 heteroatoms. The summed E-state index contributed by atoms with van der Waals surface area (Å²) in [6.07, 6.45) is 8.32. The van der Waals surface area contributed by atoms with Crippen molar-refractivity contribution >= 4 is 21.8 Å². The number of aryl methyl sites for hydroxylation is 1. The molecule has 0 aliphatic heterocycles. The van der Waals surface area contributed by atoms with Gasteiger partial charge in [0.05, 0.1) is 11.0 Å². The number of hydrogen-bond donors (Lipinski definition) is 2. The first-order valence-corrected chi connectivity index (χ1v) is 9.77. The van der Waals surface area contributed by atoms with Crippen LogP contribution in [0.5, 0.6) is 0 Å². The summed E-state index contributed by atoms with van der Waals surface area (Å²) in [5.74, 6) is 1.10. The number of aromatic amines is 1. The zero-order valence-corrected chi connectivity index (χ0v) is 15.8. The minimum atomic E-state index is 0.508. The second-order valence-corrected chi connectivity index (χ2v) is 7.29. The van der Waals surface area contributed by atoms with Crippen LogP contribution in [0.3, 0.4) is 0 Å². The average molecular weight is 358 g/mol.